The number of fused-ring (bicyclic) bond motifs is 1. The number of urea groups is 1. The highest BCUT2D eigenvalue weighted by atomic mass is 16.5. The van der Waals surface area contributed by atoms with Crippen LogP contribution >= 0.6 is 0 Å². The molecule has 0 saturated carbocycles. The summed E-state index contributed by atoms with van der Waals surface area (Å²) in [5.74, 6) is 0.915. The van der Waals surface area contributed by atoms with Crippen LogP contribution in [0.3, 0.4) is 0 Å². The van der Waals surface area contributed by atoms with Crippen molar-refractivity contribution in [3.05, 3.63) is 54.6 Å². The van der Waals surface area contributed by atoms with Crippen LogP contribution in [0.4, 0.5) is 4.79 Å². The minimum atomic E-state index is -0.156. The quantitative estimate of drug-likeness (QED) is 0.706. The van der Waals surface area contributed by atoms with Crippen LogP contribution in [-0.4, -0.2) is 41.4 Å². The van der Waals surface area contributed by atoms with Crippen LogP contribution in [0.5, 0.6) is 0 Å². The average Bonchev–Trinajstić information content (AvgIpc) is 3.35. The third kappa shape index (κ3) is 4.11. The van der Waals surface area contributed by atoms with E-state index in [-0.39, 0.29) is 12.1 Å². The Morgan fingerprint density at radius 3 is 2.74 bits per heavy atom. The number of benzene rings is 2. The summed E-state index contributed by atoms with van der Waals surface area (Å²) < 4.78 is 7.68. The summed E-state index contributed by atoms with van der Waals surface area (Å²) in [7, 11) is 0. The molecular weight excluding hydrogens is 340 g/mol. The van der Waals surface area contributed by atoms with Crippen LogP contribution in [0.15, 0.2) is 54.6 Å². The molecule has 1 aliphatic heterocycles. The molecule has 27 heavy (non-hydrogen) atoms. The zero-order chi connectivity index (χ0) is 18.5. The van der Waals surface area contributed by atoms with Crippen LogP contribution in [0.1, 0.15) is 12.8 Å². The van der Waals surface area contributed by atoms with Gasteiger partial charge < -0.3 is 19.9 Å². The molecule has 0 radical (unpaired) electrons. The third-order valence-corrected chi connectivity index (χ3v) is 4.82. The Morgan fingerprint density at radius 2 is 1.93 bits per heavy atom. The van der Waals surface area contributed by atoms with Gasteiger partial charge in [0.05, 0.1) is 17.1 Å². The molecule has 0 bridgehead atoms. The predicted octanol–water partition coefficient (Wildman–Crippen LogP) is 3.18. The molecule has 1 saturated heterocycles. The minimum Gasteiger partial charge on any atom is -0.376 e. The lowest BCUT2D eigenvalue weighted by Crippen LogP contribution is -2.40. The molecule has 3 aromatic rings. The lowest BCUT2D eigenvalue weighted by atomic mass is 10.2. The number of aromatic nitrogens is 2. The maximum Gasteiger partial charge on any atom is 0.314 e. The third-order valence-electron chi connectivity index (χ3n) is 4.82. The molecule has 2 heterocycles. The van der Waals surface area contributed by atoms with E-state index in [4.69, 9.17) is 9.72 Å². The first-order valence-electron chi connectivity index (χ1n) is 9.45. The molecule has 4 rings (SSSR count). The summed E-state index contributed by atoms with van der Waals surface area (Å²) in [6.07, 6.45) is 2.24. The Kier molecular flexibility index (Phi) is 5.34. The van der Waals surface area contributed by atoms with Gasteiger partial charge in [-0.2, -0.15) is 0 Å². The zero-order valence-electron chi connectivity index (χ0n) is 15.2. The molecule has 1 fully saturated rings. The average molecular weight is 364 g/mol. The molecule has 0 aliphatic carbocycles. The van der Waals surface area contributed by atoms with Crippen molar-refractivity contribution in [2.45, 2.75) is 25.5 Å². The smallest absolute Gasteiger partial charge is 0.314 e. The van der Waals surface area contributed by atoms with Crippen LogP contribution < -0.4 is 10.6 Å². The Balaban J connectivity index is 1.42. The summed E-state index contributed by atoms with van der Waals surface area (Å²) >= 11 is 0. The second kappa shape index (κ2) is 8.22. The molecule has 6 heteroatoms. The summed E-state index contributed by atoms with van der Waals surface area (Å²) in [6.45, 7) is 2.54. The molecule has 6 nitrogen and oxygen atoms in total. The molecule has 2 N–H and O–H groups in total. The van der Waals surface area contributed by atoms with Gasteiger partial charge in [-0.3, -0.25) is 0 Å². The van der Waals surface area contributed by atoms with E-state index in [0.717, 1.165) is 41.9 Å². The van der Waals surface area contributed by atoms with E-state index in [0.29, 0.717) is 19.6 Å². The van der Waals surface area contributed by atoms with Crippen LogP contribution in [0, 0.1) is 0 Å². The molecule has 2 aromatic carbocycles. The van der Waals surface area contributed by atoms with Crippen molar-refractivity contribution in [1.82, 2.24) is 20.2 Å². The first kappa shape index (κ1) is 17.5. The van der Waals surface area contributed by atoms with Crippen LogP contribution in [0.2, 0.25) is 0 Å². The van der Waals surface area contributed by atoms with E-state index in [1.807, 2.05) is 36.4 Å². The van der Waals surface area contributed by atoms with Crippen molar-refractivity contribution in [2.24, 2.45) is 0 Å². The number of hydrogen-bond acceptors (Lipinski definition) is 3. The predicted molar refractivity (Wildman–Crippen MR) is 106 cm³/mol. The zero-order valence-corrected chi connectivity index (χ0v) is 15.2. The number of para-hydroxylation sites is 2. The first-order valence-corrected chi connectivity index (χ1v) is 9.45. The van der Waals surface area contributed by atoms with Crippen molar-refractivity contribution >= 4 is 17.1 Å². The second-order valence-electron chi connectivity index (χ2n) is 6.71. The van der Waals surface area contributed by atoms with E-state index >= 15 is 0 Å². The minimum absolute atomic E-state index is 0.151. The van der Waals surface area contributed by atoms with Gasteiger partial charge in [0, 0.05) is 31.8 Å². The number of nitrogens with zero attached hydrogens (tertiary/aromatic N) is 2. The molecule has 1 aromatic heterocycles. The number of nitrogens with one attached hydrogen (secondary N) is 2. The molecule has 0 spiro atoms. The van der Waals surface area contributed by atoms with Gasteiger partial charge in [0.25, 0.3) is 0 Å². The van der Waals surface area contributed by atoms with Gasteiger partial charge in [0.15, 0.2) is 0 Å². The van der Waals surface area contributed by atoms with Gasteiger partial charge in [-0.05, 0) is 25.0 Å². The molecule has 1 atom stereocenters. The van der Waals surface area contributed by atoms with Gasteiger partial charge in [0.2, 0.25) is 0 Å². The lowest BCUT2D eigenvalue weighted by molar-refractivity contribution is 0.111. The van der Waals surface area contributed by atoms with Gasteiger partial charge in [-0.1, -0.05) is 42.5 Å². The highest BCUT2D eigenvalue weighted by Crippen LogP contribution is 2.24. The fourth-order valence-electron chi connectivity index (χ4n) is 3.47. The van der Waals surface area contributed by atoms with Gasteiger partial charge in [0.1, 0.15) is 5.82 Å². The molecule has 1 unspecified atom stereocenters. The normalized spacial score (nSPS) is 16.5. The van der Waals surface area contributed by atoms with E-state index in [1.54, 1.807) is 0 Å². The fraction of sp³-hybridized carbons (Fsp3) is 0.333. The maximum atomic E-state index is 12.0. The van der Waals surface area contributed by atoms with Gasteiger partial charge in [-0.15, -0.1) is 0 Å². The van der Waals surface area contributed by atoms with Gasteiger partial charge >= 0.3 is 6.03 Å². The highest BCUT2D eigenvalue weighted by molar-refractivity contribution is 5.80. The standard InChI is InChI=1S/C21H24N4O2/c26-21(23-15-17-9-6-14-27-17)22-12-13-25-19-11-5-4-10-18(19)24-20(25)16-7-2-1-3-8-16/h1-5,7-8,10-11,17H,6,9,12-15H2,(H2,22,23,26). The number of ether oxygens (including phenoxy) is 1. The number of rotatable bonds is 6. The monoisotopic (exact) mass is 364 g/mol. The SMILES string of the molecule is O=C(NCCn1c(-c2ccccc2)nc2ccccc21)NCC1CCCO1. The van der Waals surface area contributed by atoms with Crippen molar-refractivity contribution in [3.63, 3.8) is 0 Å². The Labute approximate surface area is 158 Å². The van der Waals surface area contributed by atoms with E-state index < -0.39 is 0 Å². The van der Waals surface area contributed by atoms with Crippen molar-refractivity contribution in [1.29, 1.82) is 0 Å². The first-order chi connectivity index (χ1) is 13.3. The fourth-order valence-corrected chi connectivity index (χ4v) is 3.47. The molecule has 140 valence electrons. The summed E-state index contributed by atoms with van der Waals surface area (Å²) in [5, 5.41) is 5.82. The number of imidazole rings is 1. The van der Waals surface area contributed by atoms with Crippen LogP contribution in [0.25, 0.3) is 22.4 Å². The number of hydrogen-bond donors (Lipinski definition) is 2. The molecule has 2 amide bonds. The second-order valence-corrected chi connectivity index (χ2v) is 6.71. The number of amides is 2. The van der Waals surface area contributed by atoms with Gasteiger partial charge in [-0.25, -0.2) is 9.78 Å². The number of carbonyl (C=O) groups is 1. The van der Waals surface area contributed by atoms with E-state index in [2.05, 4.69) is 33.4 Å². The largest absolute Gasteiger partial charge is 0.376 e. The van der Waals surface area contributed by atoms with Crippen molar-refractivity contribution in [3.8, 4) is 11.4 Å². The highest BCUT2D eigenvalue weighted by Gasteiger charge is 2.16. The van der Waals surface area contributed by atoms with Crippen LogP contribution in [-0.2, 0) is 11.3 Å². The van der Waals surface area contributed by atoms with E-state index in [1.165, 1.54) is 0 Å². The Morgan fingerprint density at radius 1 is 1.11 bits per heavy atom. The maximum absolute atomic E-state index is 12.0. The Bertz CT molecular complexity index is 901. The Hall–Kier alpha value is -2.86. The topological polar surface area (TPSA) is 68.2 Å². The molecular formula is C21H24N4O2. The van der Waals surface area contributed by atoms with Crippen molar-refractivity contribution in [2.75, 3.05) is 19.7 Å². The summed E-state index contributed by atoms with van der Waals surface area (Å²) in [4.78, 5) is 16.8. The summed E-state index contributed by atoms with van der Waals surface area (Å²) in [6, 6.07) is 18.0. The van der Waals surface area contributed by atoms with E-state index in [9.17, 15) is 4.79 Å². The lowest BCUT2D eigenvalue weighted by Gasteiger charge is -2.13. The number of carbonyl (C=O) groups excluding carboxylic acids is 1. The molecule has 1 aliphatic rings. The summed E-state index contributed by atoms with van der Waals surface area (Å²) in [5.41, 5.74) is 3.09. The van der Waals surface area contributed by atoms with Crippen molar-refractivity contribution < 1.29 is 9.53 Å².